The molecule has 1 aliphatic rings. The fraction of sp³-hybridized carbons (Fsp3) is 0.154. The van der Waals surface area contributed by atoms with Crippen LogP contribution >= 0.6 is 0 Å². The highest BCUT2D eigenvalue weighted by Crippen LogP contribution is 2.30. The molecule has 2 amide bonds. The summed E-state index contributed by atoms with van der Waals surface area (Å²) in [6, 6.07) is 17.6. The zero-order valence-corrected chi connectivity index (χ0v) is 18.3. The fourth-order valence-corrected chi connectivity index (χ4v) is 3.57. The zero-order valence-electron chi connectivity index (χ0n) is 18.3. The number of rotatable bonds is 6. The molecule has 3 aromatic carbocycles. The van der Waals surface area contributed by atoms with Crippen molar-refractivity contribution in [2.45, 2.75) is 20.0 Å². The molecule has 0 aromatic heterocycles. The predicted molar refractivity (Wildman–Crippen MR) is 121 cm³/mol. The number of benzene rings is 3. The van der Waals surface area contributed by atoms with Crippen LogP contribution < -0.4 is 9.64 Å². The molecule has 0 bridgehead atoms. The summed E-state index contributed by atoms with van der Waals surface area (Å²) in [7, 11) is 1.52. The molecule has 0 aliphatic carbocycles. The Morgan fingerprint density at radius 1 is 0.818 bits per heavy atom. The van der Waals surface area contributed by atoms with Crippen molar-refractivity contribution >= 4 is 29.3 Å². The number of esters is 1. The average Bonchev–Trinajstić information content (AvgIpc) is 3.08. The molecule has 0 N–H and O–H groups in total. The van der Waals surface area contributed by atoms with Gasteiger partial charge >= 0.3 is 5.97 Å². The van der Waals surface area contributed by atoms with Crippen LogP contribution in [0.15, 0.2) is 66.7 Å². The summed E-state index contributed by atoms with van der Waals surface area (Å²) in [6.45, 7) is 3.40. The number of ether oxygens (including phenoxy) is 2. The van der Waals surface area contributed by atoms with Crippen molar-refractivity contribution in [1.82, 2.24) is 0 Å². The molecule has 0 saturated heterocycles. The topological polar surface area (TPSA) is 90.0 Å². The van der Waals surface area contributed by atoms with Gasteiger partial charge in [0.15, 0.2) is 6.10 Å². The van der Waals surface area contributed by atoms with Crippen LogP contribution in [0.4, 0.5) is 5.69 Å². The van der Waals surface area contributed by atoms with Gasteiger partial charge in [0.25, 0.3) is 11.8 Å². The van der Waals surface area contributed by atoms with Crippen LogP contribution in [0.5, 0.6) is 5.75 Å². The minimum atomic E-state index is -1.01. The van der Waals surface area contributed by atoms with Gasteiger partial charge in [0.1, 0.15) is 5.75 Å². The monoisotopic (exact) mass is 443 g/mol. The maximum atomic E-state index is 12.9. The lowest BCUT2D eigenvalue weighted by atomic mass is 10.0. The average molecular weight is 443 g/mol. The molecule has 0 spiro atoms. The largest absolute Gasteiger partial charge is 0.497 e. The number of carbonyl (C=O) groups is 4. The zero-order chi connectivity index (χ0) is 23.7. The lowest BCUT2D eigenvalue weighted by Crippen LogP contribution is -2.29. The van der Waals surface area contributed by atoms with Crippen molar-refractivity contribution in [3.63, 3.8) is 0 Å². The minimum Gasteiger partial charge on any atom is -0.497 e. The third-order valence-corrected chi connectivity index (χ3v) is 5.44. The number of Topliss-reactive ketones (excluding diaryl/α,β-unsaturated/α-hetero) is 1. The Bertz CT molecular complexity index is 1260. The Labute approximate surface area is 190 Å². The molecule has 1 unspecified atom stereocenters. The van der Waals surface area contributed by atoms with Gasteiger partial charge in [-0.05, 0) is 56.3 Å². The summed E-state index contributed by atoms with van der Waals surface area (Å²) >= 11 is 0. The maximum absolute atomic E-state index is 12.9. The number of nitrogens with zero attached hydrogens (tertiary/aromatic N) is 1. The van der Waals surface area contributed by atoms with E-state index < -0.39 is 23.9 Å². The van der Waals surface area contributed by atoms with Crippen molar-refractivity contribution in [1.29, 1.82) is 0 Å². The van der Waals surface area contributed by atoms with Crippen molar-refractivity contribution < 1.29 is 28.7 Å². The first-order valence-electron chi connectivity index (χ1n) is 10.3. The van der Waals surface area contributed by atoms with E-state index in [9.17, 15) is 19.2 Å². The van der Waals surface area contributed by atoms with Gasteiger partial charge in [-0.3, -0.25) is 14.4 Å². The Hall–Kier alpha value is -4.26. The number of ketones is 1. The summed E-state index contributed by atoms with van der Waals surface area (Å²) in [6.07, 6.45) is -1.01. The van der Waals surface area contributed by atoms with E-state index in [4.69, 9.17) is 9.47 Å². The maximum Gasteiger partial charge on any atom is 0.338 e. The Balaban J connectivity index is 1.53. The number of amides is 2. The number of fused-ring (bicyclic) bond motifs is 1. The number of methoxy groups -OCH3 is 1. The summed E-state index contributed by atoms with van der Waals surface area (Å²) in [5.41, 5.74) is 2.21. The molecule has 0 saturated carbocycles. The van der Waals surface area contributed by atoms with E-state index in [1.165, 1.54) is 32.2 Å². The highest BCUT2D eigenvalue weighted by Gasteiger charge is 2.37. The molecule has 7 heteroatoms. The molecule has 7 nitrogen and oxygen atoms in total. The molecular weight excluding hydrogens is 422 g/mol. The summed E-state index contributed by atoms with van der Waals surface area (Å²) in [5.74, 6) is -1.52. The van der Waals surface area contributed by atoms with Gasteiger partial charge in [-0.1, -0.05) is 29.8 Å². The van der Waals surface area contributed by atoms with E-state index >= 15 is 0 Å². The van der Waals surface area contributed by atoms with Gasteiger partial charge in [0, 0.05) is 5.56 Å². The summed E-state index contributed by atoms with van der Waals surface area (Å²) < 4.78 is 10.4. The Morgan fingerprint density at radius 2 is 1.42 bits per heavy atom. The van der Waals surface area contributed by atoms with Gasteiger partial charge in [-0.2, -0.15) is 0 Å². The number of carbonyl (C=O) groups excluding carboxylic acids is 4. The quantitative estimate of drug-likeness (QED) is 0.322. The van der Waals surface area contributed by atoms with Crippen molar-refractivity contribution in [3.05, 3.63) is 94.5 Å². The van der Waals surface area contributed by atoms with Gasteiger partial charge in [0.05, 0.1) is 29.5 Å². The van der Waals surface area contributed by atoms with Crippen LogP contribution in [-0.4, -0.2) is 36.8 Å². The predicted octanol–water partition coefficient (Wildman–Crippen LogP) is 4.23. The number of hydrogen-bond donors (Lipinski definition) is 0. The molecule has 3 aromatic rings. The van der Waals surface area contributed by atoms with Crippen molar-refractivity contribution in [2.24, 2.45) is 0 Å². The summed E-state index contributed by atoms with van der Waals surface area (Å²) in [4.78, 5) is 52.0. The van der Waals surface area contributed by atoms with Gasteiger partial charge in [0.2, 0.25) is 5.78 Å². The van der Waals surface area contributed by atoms with Gasteiger partial charge in [-0.15, -0.1) is 0 Å². The lowest BCUT2D eigenvalue weighted by molar-refractivity contribution is 0.0318. The van der Waals surface area contributed by atoms with Crippen LogP contribution in [0.3, 0.4) is 0 Å². The molecule has 0 fully saturated rings. The number of aryl methyl sites for hydroxylation is 1. The molecular formula is C26H21NO6. The molecule has 166 valence electrons. The second kappa shape index (κ2) is 8.70. The SMILES string of the molecule is COc1ccc(N2C(=O)c3ccc(C(=O)OC(C)C(=O)c4ccc(C)cc4)cc3C2=O)cc1. The Morgan fingerprint density at radius 3 is 2.06 bits per heavy atom. The van der Waals surface area contributed by atoms with E-state index in [1.807, 2.05) is 6.92 Å². The molecule has 4 rings (SSSR count). The third kappa shape index (κ3) is 4.13. The second-order valence-corrected chi connectivity index (χ2v) is 7.68. The van der Waals surface area contributed by atoms with Gasteiger partial charge < -0.3 is 9.47 Å². The smallest absolute Gasteiger partial charge is 0.338 e. The Kier molecular flexibility index (Phi) is 5.79. The molecule has 1 atom stereocenters. The van der Waals surface area contributed by atoms with E-state index in [2.05, 4.69) is 0 Å². The van der Waals surface area contributed by atoms with E-state index in [1.54, 1.807) is 48.5 Å². The normalized spacial score (nSPS) is 13.5. The second-order valence-electron chi connectivity index (χ2n) is 7.68. The number of anilines is 1. The molecule has 1 heterocycles. The van der Waals surface area contributed by atoms with Crippen molar-refractivity contribution in [3.8, 4) is 5.75 Å². The summed E-state index contributed by atoms with van der Waals surface area (Å²) in [5, 5.41) is 0. The highest BCUT2D eigenvalue weighted by atomic mass is 16.5. The first-order valence-corrected chi connectivity index (χ1v) is 10.3. The first-order chi connectivity index (χ1) is 15.8. The third-order valence-electron chi connectivity index (χ3n) is 5.44. The van der Waals surface area contributed by atoms with Crippen LogP contribution in [-0.2, 0) is 4.74 Å². The standard InChI is InChI=1S/C26H21NO6/c1-15-4-6-17(7-5-15)23(28)16(2)33-26(31)18-8-13-21-22(14-18)25(30)27(24(21)29)19-9-11-20(32-3)12-10-19/h4-14,16H,1-3H3. The first kappa shape index (κ1) is 22.0. The minimum absolute atomic E-state index is 0.0787. The molecule has 0 radical (unpaired) electrons. The van der Waals surface area contributed by atoms with E-state index in [0.29, 0.717) is 17.0 Å². The molecule has 33 heavy (non-hydrogen) atoms. The number of imide groups is 1. The van der Waals surface area contributed by atoms with Gasteiger partial charge in [-0.25, -0.2) is 9.69 Å². The molecule has 1 aliphatic heterocycles. The van der Waals surface area contributed by atoms with Crippen LogP contribution in [0, 0.1) is 6.92 Å². The van der Waals surface area contributed by atoms with Crippen molar-refractivity contribution in [2.75, 3.05) is 12.0 Å². The van der Waals surface area contributed by atoms with Crippen LogP contribution in [0.2, 0.25) is 0 Å². The lowest BCUT2D eigenvalue weighted by Gasteiger charge is -2.14. The van der Waals surface area contributed by atoms with Crippen LogP contribution in [0.1, 0.15) is 53.9 Å². The highest BCUT2D eigenvalue weighted by molar-refractivity contribution is 6.34. The fourth-order valence-electron chi connectivity index (χ4n) is 3.57. The van der Waals surface area contributed by atoms with Crippen LogP contribution in [0.25, 0.3) is 0 Å². The number of hydrogen-bond acceptors (Lipinski definition) is 6. The van der Waals surface area contributed by atoms with E-state index in [-0.39, 0.29) is 22.5 Å². The van der Waals surface area contributed by atoms with E-state index in [0.717, 1.165) is 10.5 Å².